The zero-order valence-electron chi connectivity index (χ0n) is 38.0. The van der Waals surface area contributed by atoms with Gasteiger partial charge in [0.2, 0.25) is 11.6 Å². The largest absolute Gasteiger partial charge is 0.439 e. The third-order valence-electron chi connectivity index (χ3n) is 12.1. The van der Waals surface area contributed by atoms with Crippen LogP contribution in [0.5, 0.6) is 0 Å². The molecular formula is C52H65N3O8P+. The molecule has 1 heterocycles. The number of unbranched alkanes of at least 4 members (excludes halogenated alkanes) is 3. The number of primary amides is 1. The number of hydrogen-bond donors (Lipinski definition) is 4. The quantitative estimate of drug-likeness (QED) is 0.0583. The summed E-state index contributed by atoms with van der Waals surface area (Å²) < 4.78 is 16.9. The van der Waals surface area contributed by atoms with Gasteiger partial charge in [0.25, 0.3) is 5.91 Å². The minimum atomic E-state index is -1.94. The molecule has 5 rings (SSSR count). The molecule has 64 heavy (non-hydrogen) atoms. The molecule has 0 spiro atoms. The molecule has 2 amide bonds. The molecule has 0 aromatic heterocycles. The van der Waals surface area contributed by atoms with E-state index in [0.717, 1.165) is 31.8 Å². The zero-order chi connectivity index (χ0) is 46.2. The van der Waals surface area contributed by atoms with Gasteiger partial charge in [-0.2, -0.15) is 0 Å². The first-order valence-corrected chi connectivity index (χ1v) is 24.1. The van der Waals surface area contributed by atoms with E-state index in [0.29, 0.717) is 18.5 Å². The van der Waals surface area contributed by atoms with Crippen LogP contribution < -0.4 is 32.3 Å². The maximum Gasteiger partial charge on any atom is 0.405 e. The number of methoxy groups -OCH3 is 2. The van der Waals surface area contributed by atoms with Crippen LogP contribution in [0.25, 0.3) is 0 Å². The lowest BCUT2D eigenvalue weighted by atomic mass is 9.85. The van der Waals surface area contributed by atoms with Crippen molar-refractivity contribution >= 4 is 46.7 Å². The molecule has 0 saturated carbocycles. The van der Waals surface area contributed by atoms with E-state index < -0.39 is 61.2 Å². The molecule has 2 aliphatic rings. The van der Waals surface area contributed by atoms with Crippen LogP contribution in [0.3, 0.4) is 0 Å². The van der Waals surface area contributed by atoms with Gasteiger partial charge in [-0.15, -0.1) is 0 Å². The van der Waals surface area contributed by atoms with Crippen molar-refractivity contribution in [2.45, 2.75) is 90.6 Å². The molecule has 1 aliphatic heterocycles. The molecule has 12 heteroatoms. The summed E-state index contributed by atoms with van der Waals surface area (Å²) in [7, 11) is 1.03. The number of aliphatic hydroxyl groups excluding tert-OH is 1. The maximum absolute atomic E-state index is 14.2. The number of benzene rings is 3. The molecule has 1 aliphatic carbocycles. The molecule has 3 aromatic rings. The number of ketones is 2. The second-order valence-electron chi connectivity index (χ2n) is 16.8. The Morgan fingerprint density at radius 1 is 0.844 bits per heavy atom. The second kappa shape index (κ2) is 24.0. The number of rotatable bonds is 14. The number of hydrogen-bond acceptors (Lipinski definition) is 9. The average Bonchev–Trinajstić information content (AvgIpc) is 3.29. The fourth-order valence-electron chi connectivity index (χ4n) is 8.70. The SMILES string of the molecule is COC1/C=C\C=C(\C)C(=O)NC2=CC(=O)C(NCCCCCC[P+](c3ccccc3)(c3ccccc3)c3ccccc3)=C(CC(C)C[C@H](OC)C(O)C(C)/C=C(/C)[C@@H]1OC(N)=O)C2=O. The van der Waals surface area contributed by atoms with Gasteiger partial charge in [-0.3, -0.25) is 14.4 Å². The maximum atomic E-state index is 14.2. The number of nitrogens with one attached hydrogen (secondary N) is 2. The van der Waals surface area contributed by atoms with Crippen LogP contribution in [0, 0.1) is 11.8 Å². The van der Waals surface area contributed by atoms with E-state index in [-0.39, 0.29) is 34.9 Å². The highest BCUT2D eigenvalue weighted by molar-refractivity contribution is 7.95. The summed E-state index contributed by atoms with van der Waals surface area (Å²) in [6.45, 7) is 7.58. The smallest absolute Gasteiger partial charge is 0.405 e. The number of carbonyl (C=O) groups is 4. The standard InChI is InChI=1S/C52H64N3O8P/c1-35-31-42-47(54-29-18-7-8-19-30-64(39-22-12-9-13-23-39,40-24-14-10-15-25-40)41-26-16-11-17-27-41)44(56)34-43(49(42)58)55-51(59)36(2)21-20-28-45(61-5)50(63-52(53)60)38(4)33-37(3)48(57)46(32-35)62-6/h9-17,20-28,33-35,37,45-46,48,50,57H,7-8,18-19,29-32H2,1-6H3,(H3-,53,54,55,56,58,59,60)/p+1/b28-20-,36-21-,38-33-/t35?,37?,45?,46-,48?,50-/m0/s1. The molecule has 6 atom stereocenters. The van der Waals surface area contributed by atoms with Crippen molar-refractivity contribution in [3.8, 4) is 0 Å². The van der Waals surface area contributed by atoms with Crippen LogP contribution in [0.2, 0.25) is 0 Å². The minimum Gasteiger partial charge on any atom is -0.439 e. The normalized spacial score (nSPS) is 25.0. The number of allylic oxidation sites excluding steroid dienone is 4. The molecule has 5 N–H and O–H groups in total. The zero-order valence-corrected chi connectivity index (χ0v) is 38.9. The highest BCUT2D eigenvalue weighted by atomic mass is 31.2. The van der Waals surface area contributed by atoms with Gasteiger partial charge in [0.15, 0.2) is 6.10 Å². The summed E-state index contributed by atoms with van der Waals surface area (Å²) in [5, 5.41) is 21.6. The Morgan fingerprint density at radius 2 is 1.42 bits per heavy atom. The fourth-order valence-corrected chi connectivity index (χ4v) is 13.1. The molecular weight excluding hydrogens is 826 g/mol. The van der Waals surface area contributed by atoms with E-state index >= 15 is 0 Å². The number of carbonyl (C=O) groups excluding carboxylic acids is 4. The molecule has 11 nitrogen and oxygen atoms in total. The molecule has 0 fully saturated rings. The Bertz CT molecular complexity index is 2120. The van der Waals surface area contributed by atoms with Crippen molar-refractivity contribution < 1.29 is 38.5 Å². The molecule has 2 bridgehead atoms. The predicted octanol–water partition coefficient (Wildman–Crippen LogP) is 6.91. The van der Waals surface area contributed by atoms with Crippen LogP contribution in [0.1, 0.15) is 66.2 Å². The van der Waals surface area contributed by atoms with Gasteiger partial charge in [0.1, 0.15) is 29.3 Å². The minimum absolute atomic E-state index is 0.110. The molecule has 340 valence electrons. The fraction of sp³-hybridized carbons (Fsp3) is 0.385. The number of amides is 2. The first-order chi connectivity index (χ1) is 30.8. The summed E-state index contributed by atoms with van der Waals surface area (Å²) in [6, 6.07) is 32.6. The first kappa shape index (κ1) is 49.6. The van der Waals surface area contributed by atoms with Crippen molar-refractivity contribution in [2.75, 3.05) is 26.9 Å². The van der Waals surface area contributed by atoms with Gasteiger partial charge in [-0.25, -0.2) is 4.79 Å². The number of Topliss-reactive ketones (excluding diaryl/α,β-unsaturated/α-hetero) is 1. The van der Waals surface area contributed by atoms with E-state index in [9.17, 15) is 24.3 Å². The van der Waals surface area contributed by atoms with E-state index in [1.165, 1.54) is 42.3 Å². The van der Waals surface area contributed by atoms with Crippen molar-refractivity contribution in [3.05, 3.63) is 149 Å². The van der Waals surface area contributed by atoms with Gasteiger partial charge < -0.3 is 35.7 Å². The van der Waals surface area contributed by atoms with Gasteiger partial charge >= 0.3 is 6.09 Å². The van der Waals surface area contributed by atoms with Gasteiger partial charge in [-0.05, 0) is 93.8 Å². The lowest BCUT2D eigenvalue weighted by molar-refractivity contribution is -0.120. The van der Waals surface area contributed by atoms with Crippen LogP contribution in [-0.4, -0.2) is 80.0 Å². The van der Waals surface area contributed by atoms with Crippen LogP contribution >= 0.6 is 7.26 Å². The Balaban J connectivity index is 1.34. The molecule has 0 radical (unpaired) electrons. The Labute approximate surface area is 379 Å². The van der Waals surface area contributed by atoms with E-state index in [1.54, 1.807) is 32.1 Å². The Hall–Kier alpha value is -5.45. The summed E-state index contributed by atoms with van der Waals surface area (Å²) in [5.74, 6) is -2.09. The monoisotopic (exact) mass is 890 g/mol. The third-order valence-corrected chi connectivity index (χ3v) is 16.6. The van der Waals surface area contributed by atoms with Crippen LogP contribution in [0.15, 0.2) is 149 Å². The number of aliphatic hydroxyl groups is 1. The van der Waals surface area contributed by atoms with Gasteiger partial charge in [0, 0.05) is 43.9 Å². The topological polar surface area (TPSA) is 166 Å². The number of fused-ring (bicyclic) bond motifs is 2. The van der Waals surface area contributed by atoms with Crippen LogP contribution in [0.4, 0.5) is 4.79 Å². The molecule has 3 aromatic carbocycles. The Morgan fingerprint density at radius 3 is 1.97 bits per heavy atom. The number of nitrogens with two attached hydrogens (primary N) is 1. The van der Waals surface area contributed by atoms with Crippen molar-refractivity contribution in [3.63, 3.8) is 0 Å². The second-order valence-corrected chi connectivity index (χ2v) is 20.4. The molecule has 0 saturated heterocycles. The van der Waals surface area contributed by atoms with Crippen molar-refractivity contribution in [2.24, 2.45) is 17.6 Å². The highest BCUT2D eigenvalue weighted by Gasteiger charge is 2.44. The van der Waals surface area contributed by atoms with Crippen LogP contribution in [-0.2, 0) is 28.6 Å². The van der Waals surface area contributed by atoms with E-state index in [4.69, 9.17) is 19.9 Å². The third kappa shape index (κ3) is 12.6. The summed E-state index contributed by atoms with van der Waals surface area (Å²) in [6.07, 6.45) is 8.61. The average molecular weight is 891 g/mol. The van der Waals surface area contributed by atoms with Gasteiger partial charge in [0.05, 0.1) is 29.8 Å². The summed E-state index contributed by atoms with van der Waals surface area (Å²) in [4.78, 5) is 53.4. The molecule has 4 unspecified atom stereocenters. The van der Waals surface area contributed by atoms with Crippen molar-refractivity contribution in [1.82, 2.24) is 10.6 Å². The predicted molar refractivity (Wildman–Crippen MR) is 256 cm³/mol. The highest BCUT2D eigenvalue weighted by Crippen LogP contribution is 2.56. The lowest BCUT2D eigenvalue weighted by Gasteiger charge is -2.30. The van der Waals surface area contributed by atoms with Crippen molar-refractivity contribution in [1.29, 1.82) is 0 Å². The number of ether oxygens (including phenoxy) is 3. The Kier molecular flexibility index (Phi) is 18.6. The van der Waals surface area contributed by atoms with Gasteiger partial charge in [-0.1, -0.05) is 99.2 Å². The summed E-state index contributed by atoms with van der Waals surface area (Å²) >= 11 is 0. The summed E-state index contributed by atoms with van der Waals surface area (Å²) in [5.41, 5.74) is 6.67. The van der Waals surface area contributed by atoms with E-state index in [1.807, 2.05) is 13.8 Å². The first-order valence-electron chi connectivity index (χ1n) is 22.2. The lowest BCUT2D eigenvalue weighted by Crippen LogP contribution is -2.38. The van der Waals surface area contributed by atoms with E-state index in [2.05, 4.69) is 102 Å².